The highest BCUT2D eigenvalue weighted by atomic mass is 19.4. The highest BCUT2D eigenvalue weighted by molar-refractivity contribution is 5.74. The molecule has 33 heavy (non-hydrogen) atoms. The summed E-state index contributed by atoms with van der Waals surface area (Å²) in [6.45, 7) is 1.26. The van der Waals surface area contributed by atoms with Crippen LogP contribution in [-0.4, -0.2) is 70.6 Å². The van der Waals surface area contributed by atoms with E-state index in [1.54, 1.807) is 4.90 Å². The molecule has 1 aliphatic rings. The number of nitrogens with one attached hydrogen (secondary N) is 1. The van der Waals surface area contributed by atoms with Crippen LogP contribution in [0.3, 0.4) is 0 Å². The quantitative estimate of drug-likeness (QED) is 0.683. The lowest BCUT2D eigenvalue weighted by atomic mass is 10.1. The maximum atomic E-state index is 12.9. The zero-order chi connectivity index (χ0) is 24.4. The SMILES string of the molecule is CN(CCc1c[nH]c(=O)c(C(F)(F)F)c1)C(=O)N1CCN(c2ncc(C(F)(F)F)cn2)CC1. The topological polar surface area (TPSA) is 85.4 Å². The molecule has 2 amide bonds. The first-order chi connectivity index (χ1) is 15.4. The average Bonchev–Trinajstić information content (AvgIpc) is 2.76. The molecule has 0 saturated carbocycles. The van der Waals surface area contributed by atoms with E-state index in [9.17, 15) is 35.9 Å². The lowest BCUT2D eigenvalue weighted by Crippen LogP contribution is -2.52. The van der Waals surface area contributed by atoms with Crippen LogP contribution in [0.5, 0.6) is 0 Å². The Morgan fingerprint density at radius 1 is 1.06 bits per heavy atom. The van der Waals surface area contributed by atoms with E-state index in [1.165, 1.54) is 23.0 Å². The predicted molar refractivity (Wildman–Crippen MR) is 105 cm³/mol. The van der Waals surface area contributed by atoms with E-state index >= 15 is 0 Å². The second-order valence-corrected chi connectivity index (χ2v) is 7.45. The van der Waals surface area contributed by atoms with Crippen molar-refractivity contribution in [3.05, 3.63) is 51.7 Å². The van der Waals surface area contributed by atoms with E-state index in [-0.39, 0.29) is 43.6 Å². The highest BCUT2D eigenvalue weighted by Gasteiger charge is 2.34. The lowest BCUT2D eigenvalue weighted by molar-refractivity contribution is -0.139. The van der Waals surface area contributed by atoms with Crippen molar-refractivity contribution >= 4 is 12.0 Å². The van der Waals surface area contributed by atoms with Gasteiger partial charge >= 0.3 is 18.4 Å². The van der Waals surface area contributed by atoms with Crippen molar-refractivity contribution in [2.45, 2.75) is 18.8 Å². The van der Waals surface area contributed by atoms with Gasteiger partial charge in [-0.05, 0) is 18.1 Å². The molecule has 0 unspecified atom stereocenters. The number of aromatic amines is 1. The summed E-state index contributed by atoms with van der Waals surface area (Å²) in [6, 6.07) is 0.420. The summed E-state index contributed by atoms with van der Waals surface area (Å²) in [5.74, 6) is 0.127. The van der Waals surface area contributed by atoms with Crippen LogP contribution in [0, 0.1) is 0 Å². The molecule has 0 radical (unpaired) electrons. The van der Waals surface area contributed by atoms with Crippen LogP contribution in [-0.2, 0) is 18.8 Å². The summed E-state index contributed by atoms with van der Waals surface area (Å²) >= 11 is 0. The zero-order valence-electron chi connectivity index (χ0n) is 17.4. The Hall–Kier alpha value is -3.32. The fraction of sp³-hybridized carbons (Fsp3) is 0.474. The fourth-order valence-corrected chi connectivity index (χ4v) is 3.25. The number of halogens is 6. The molecule has 14 heteroatoms. The van der Waals surface area contributed by atoms with Gasteiger partial charge in [0.2, 0.25) is 5.95 Å². The van der Waals surface area contributed by atoms with Crippen LogP contribution in [0.2, 0.25) is 0 Å². The van der Waals surface area contributed by atoms with Crippen LogP contribution < -0.4 is 10.5 Å². The number of carbonyl (C=O) groups is 1. The van der Waals surface area contributed by atoms with E-state index in [0.717, 1.165) is 6.07 Å². The number of pyridine rings is 1. The van der Waals surface area contributed by atoms with Gasteiger partial charge < -0.3 is 19.7 Å². The van der Waals surface area contributed by atoms with Crippen LogP contribution in [0.25, 0.3) is 0 Å². The molecule has 8 nitrogen and oxygen atoms in total. The summed E-state index contributed by atoms with van der Waals surface area (Å²) in [7, 11) is 1.50. The lowest BCUT2D eigenvalue weighted by Gasteiger charge is -2.36. The summed E-state index contributed by atoms with van der Waals surface area (Å²) < 4.78 is 76.5. The number of aromatic nitrogens is 3. The van der Waals surface area contributed by atoms with Gasteiger partial charge in [0.05, 0.1) is 5.56 Å². The maximum Gasteiger partial charge on any atom is 0.421 e. The first-order valence-electron chi connectivity index (χ1n) is 9.79. The molecule has 1 aliphatic heterocycles. The van der Waals surface area contributed by atoms with Gasteiger partial charge in [0.1, 0.15) is 5.56 Å². The van der Waals surface area contributed by atoms with E-state index < -0.39 is 29.0 Å². The molecule has 3 rings (SSSR count). The third-order valence-electron chi connectivity index (χ3n) is 5.13. The monoisotopic (exact) mass is 478 g/mol. The van der Waals surface area contributed by atoms with Gasteiger partial charge in [0.15, 0.2) is 0 Å². The number of piperazine rings is 1. The summed E-state index contributed by atoms with van der Waals surface area (Å²) in [6.07, 6.45) is -6.62. The second kappa shape index (κ2) is 9.27. The number of anilines is 1. The number of likely N-dealkylation sites (N-methyl/N-ethyl adjacent to an activating group) is 1. The average molecular weight is 478 g/mol. The van der Waals surface area contributed by atoms with Crippen molar-refractivity contribution < 1.29 is 31.1 Å². The predicted octanol–water partition coefficient (Wildman–Crippen LogP) is 2.62. The van der Waals surface area contributed by atoms with Crippen LogP contribution in [0.1, 0.15) is 16.7 Å². The molecule has 1 N–H and O–H groups in total. The number of hydrogen-bond donors (Lipinski definition) is 1. The van der Waals surface area contributed by atoms with Gasteiger partial charge in [-0.1, -0.05) is 0 Å². The summed E-state index contributed by atoms with van der Waals surface area (Å²) in [5, 5.41) is 0. The first-order valence-corrected chi connectivity index (χ1v) is 9.79. The molecule has 1 fully saturated rings. The van der Waals surface area contributed by atoms with Gasteiger partial charge in [0.25, 0.3) is 5.56 Å². The third kappa shape index (κ3) is 5.93. The van der Waals surface area contributed by atoms with E-state index in [1.807, 2.05) is 0 Å². The Kier molecular flexibility index (Phi) is 6.84. The number of nitrogens with zero attached hydrogens (tertiary/aromatic N) is 5. The minimum Gasteiger partial charge on any atom is -0.337 e. The smallest absolute Gasteiger partial charge is 0.337 e. The number of H-pyrrole nitrogens is 1. The second-order valence-electron chi connectivity index (χ2n) is 7.45. The molecule has 2 aromatic rings. The van der Waals surface area contributed by atoms with Crippen molar-refractivity contribution in [1.82, 2.24) is 24.8 Å². The van der Waals surface area contributed by atoms with E-state index in [4.69, 9.17) is 0 Å². The molecule has 1 saturated heterocycles. The Morgan fingerprint density at radius 2 is 1.67 bits per heavy atom. The van der Waals surface area contributed by atoms with Crippen molar-refractivity contribution in [1.29, 1.82) is 0 Å². The standard InChI is InChI=1S/C19H20F6N6O2/c1-29(3-2-12-8-14(19(23,24)25)15(32)26-9-12)17(33)31-6-4-30(5-7-31)16-27-10-13(11-28-16)18(20,21)22/h8-11H,2-7H2,1H3,(H,26,32). The number of hydrogen-bond acceptors (Lipinski definition) is 5. The van der Waals surface area contributed by atoms with Crippen molar-refractivity contribution in [3.63, 3.8) is 0 Å². The van der Waals surface area contributed by atoms with Gasteiger partial charge in [-0.25, -0.2) is 14.8 Å². The maximum absolute atomic E-state index is 12.9. The van der Waals surface area contributed by atoms with Crippen LogP contribution >= 0.6 is 0 Å². The van der Waals surface area contributed by atoms with E-state index in [0.29, 0.717) is 25.5 Å². The van der Waals surface area contributed by atoms with Crippen LogP contribution in [0.15, 0.2) is 29.5 Å². The molecule has 2 aromatic heterocycles. The molecular weight excluding hydrogens is 458 g/mol. The van der Waals surface area contributed by atoms with Gasteiger partial charge in [-0.2, -0.15) is 26.3 Å². The van der Waals surface area contributed by atoms with Crippen LogP contribution in [0.4, 0.5) is 37.1 Å². The number of alkyl halides is 6. The number of amides is 2. The molecule has 0 atom stereocenters. The Morgan fingerprint density at radius 3 is 2.21 bits per heavy atom. The normalized spacial score (nSPS) is 15.0. The first kappa shape index (κ1) is 24.3. The Labute approximate surface area is 183 Å². The van der Waals surface area contributed by atoms with E-state index in [2.05, 4.69) is 15.0 Å². The summed E-state index contributed by atoms with van der Waals surface area (Å²) in [4.78, 5) is 38.1. The molecule has 0 bridgehead atoms. The van der Waals surface area contributed by atoms with Crippen molar-refractivity contribution in [2.24, 2.45) is 0 Å². The molecule has 0 aliphatic carbocycles. The number of urea groups is 1. The largest absolute Gasteiger partial charge is 0.421 e. The Balaban J connectivity index is 1.53. The number of carbonyl (C=O) groups excluding carboxylic acids is 1. The minimum atomic E-state index is -4.78. The third-order valence-corrected chi connectivity index (χ3v) is 5.13. The minimum absolute atomic E-state index is 0.0987. The fourth-order valence-electron chi connectivity index (χ4n) is 3.25. The molecule has 0 aromatic carbocycles. The Bertz CT molecular complexity index is 1030. The van der Waals surface area contributed by atoms with Gasteiger partial charge in [-0.15, -0.1) is 0 Å². The molecule has 3 heterocycles. The van der Waals surface area contributed by atoms with Crippen molar-refractivity contribution in [2.75, 3.05) is 44.7 Å². The highest BCUT2D eigenvalue weighted by Crippen LogP contribution is 2.28. The molecule has 0 spiro atoms. The molecular formula is C19H20F6N6O2. The molecule has 180 valence electrons. The number of rotatable bonds is 4. The summed E-state index contributed by atoms with van der Waals surface area (Å²) in [5.41, 5.74) is -3.25. The van der Waals surface area contributed by atoms with Crippen molar-refractivity contribution in [3.8, 4) is 0 Å². The van der Waals surface area contributed by atoms with Gasteiger partial charge in [0, 0.05) is 58.4 Å². The zero-order valence-corrected chi connectivity index (χ0v) is 17.4. The van der Waals surface area contributed by atoms with Gasteiger partial charge in [-0.3, -0.25) is 4.79 Å².